The zero-order chi connectivity index (χ0) is 14.4. The number of hydrazone groups is 1. The van der Waals surface area contributed by atoms with Gasteiger partial charge in [-0.25, -0.2) is 4.98 Å². The third kappa shape index (κ3) is 3.26. The third-order valence-corrected chi connectivity index (χ3v) is 2.53. The monoisotopic (exact) mass is 270 g/mol. The zero-order valence-corrected chi connectivity index (χ0v) is 11.7. The highest BCUT2D eigenvalue weighted by Gasteiger charge is 2.12. The van der Waals surface area contributed by atoms with Gasteiger partial charge in [-0.05, 0) is 12.1 Å². The first kappa shape index (κ1) is 13.9. The van der Waals surface area contributed by atoms with Crippen molar-refractivity contribution in [1.29, 1.82) is 0 Å². The molecular weight excluding hydrogens is 252 g/mol. The van der Waals surface area contributed by atoms with E-state index in [9.17, 15) is 0 Å². The fourth-order valence-corrected chi connectivity index (χ4v) is 1.74. The quantitative estimate of drug-likeness (QED) is 0.362. The summed E-state index contributed by atoms with van der Waals surface area (Å²) >= 11 is 0. The second kappa shape index (κ2) is 6.56. The molecular formula is C15H18N4O. The summed E-state index contributed by atoms with van der Waals surface area (Å²) in [6, 6.07) is 7.78. The van der Waals surface area contributed by atoms with E-state index in [1.54, 1.807) is 23.6 Å². The summed E-state index contributed by atoms with van der Waals surface area (Å²) in [6.07, 6.45) is 7.01. The van der Waals surface area contributed by atoms with E-state index >= 15 is 0 Å². The molecule has 5 nitrogen and oxygen atoms in total. The van der Waals surface area contributed by atoms with Gasteiger partial charge in [0.1, 0.15) is 18.7 Å². The van der Waals surface area contributed by atoms with Crippen molar-refractivity contribution < 1.29 is 4.74 Å². The van der Waals surface area contributed by atoms with E-state index in [1.807, 2.05) is 49.1 Å². The summed E-state index contributed by atoms with van der Waals surface area (Å²) in [5, 5.41) is 6.28. The highest BCUT2D eigenvalue weighted by Crippen LogP contribution is 2.20. The largest absolute Gasteiger partial charge is 0.489 e. The van der Waals surface area contributed by atoms with Crippen molar-refractivity contribution in [3.8, 4) is 5.75 Å². The van der Waals surface area contributed by atoms with E-state index in [-0.39, 0.29) is 0 Å². The molecule has 0 saturated carbocycles. The van der Waals surface area contributed by atoms with Gasteiger partial charge < -0.3 is 9.75 Å². The summed E-state index contributed by atoms with van der Waals surface area (Å²) in [7, 11) is 3.76. The van der Waals surface area contributed by atoms with Gasteiger partial charge in [-0.1, -0.05) is 24.8 Å². The van der Waals surface area contributed by atoms with Gasteiger partial charge in [0.2, 0.25) is 0 Å². The Balaban J connectivity index is 2.47. The Morgan fingerprint density at radius 3 is 2.90 bits per heavy atom. The van der Waals surface area contributed by atoms with E-state index in [1.165, 1.54) is 0 Å². The number of ether oxygens (including phenoxy) is 1. The molecule has 2 aromatic rings. The number of aromatic nitrogens is 2. The number of rotatable bonds is 5. The maximum atomic E-state index is 5.70. The first-order chi connectivity index (χ1) is 9.72. The molecule has 0 aliphatic heterocycles. The molecule has 1 aromatic carbocycles. The van der Waals surface area contributed by atoms with Crippen LogP contribution in [0.15, 0.2) is 60.7 Å². The van der Waals surface area contributed by atoms with Crippen LogP contribution in [0.1, 0.15) is 5.56 Å². The Hall–Kier alpha value is -2.56. The molecule has 2 rings (SSSR count). The van der Waals surface area contributed by atoms with Crippen molar-refractivity contribution in [3.63, 3.8) is 0 Å². The van der Waals surface area contributed by atoms with E-state index < -0.39 is 0 Å². The van der Waals surface area contributed by atoms with Crippen LogP contribution >= 0.6 is 0 Å². The number of hydrogen-bond donors (Lipinski definition) is 0. The van der Waals surface area contributed by atoms with Gasteiger partial charge in [-0.3, -0.25) is 4.57 Å². The Labute approximate surface area is 118 Å². The molecule has 0 bridgehead atoms. The Kier molecular flexibility index (Phi) is 4.55. The molecule has 0 aliphatic carbocycles. The zero-order valence-electron chi connectivity index (χ0n) is 11.7. The minimum atomic E-state index is 0.455. The SMILES string of the molecule is C=CCOc1ccccc1/C(=N/N(C)C)n1ccnc1. The van der Waals surface area contributed by atoms with Crippen LogP contribution in [0.25, 0.3) is 0 Å². The molecule has 0 spiro atoms. The normalized spacial score (nSPS) is 11.2. The van der Waals surface area contributed by atoms with Crippen molar-refractivity contribution in [3.05, 3.63) is 61.2 Å². The van der Waals surface area contributed by atoms with Gasteiger partial charge in [0.05, 0.1) is 5.56 Å². The lowest BCUT2D eigenvalue weighted by Gasteiger charge is -2.15. The summed E-state index contributed by atoms with van der Waals surface area (Å²) in [4.78, 5) is 4.07. The first-order valence-corrected chi connectivity index (χ1v) is 6.29. The molecule has 0 unspecified atom stereocenters. The average molecular weight is 270 g/mol. The fraction of sp³-hybridized carbons (Fsp3) is 0.200. The van der Waals surface area contributed by atoms with Crippen LogP contribution in [0.4, 0.5) is 0 Å². The van der Waals surface area contributed by atoms with Crippen LogP contribution in [0.2, 0.25) is 0 Å². The van der Waals surface area contributed by atoms with E-state index in [4.69, 9.17) is 4.74 Å². The van der Waals surface area contributed by atoms with Crippen LogP contribution in [0.3, 0.4) is 0 Å². The van der Waals surface area contributed by atoms with Gasteiger partial charge in [-0.15, -0.1) is 0 Å². The smallest absolute Gasteiger partial charge is 0.168 e. The molecule has 5 heteroatoms. The highest BCUT2D eigenvalue weighted by atomic mass is 16.5. The Bertz CT molecular complexity index is 588. The summed E-state index contributed by atoms with van der Waals surface area (Å²) < 4.78 is 7.55. The minimum Gasteiger partial charge on any atom is -0.489 e. The van der Waals surface area contributed by atoms with Crippen LogP contribution < -0.4 is 4.74 Å². The van der Waals surface area contributed by atoms with Crippen molar-refractivity contribution in [1.82, 2.24) is 14.6 Å². The molecule has 0 saturated heterocycles. The molecule has 1 aromatic heterocycles. The lowest BCUT2D eigenvalue weighted by Crippen LogP contribution is -2.18. The van der Waals surface area contributed by atoms with Gasteiger partial charge >= 0.3 is 0 Å². The molecule has 0 amide bonds. The molecule has 104 valence electrons. The molecule has 0 atom stereocenters. The maximum absolute atomic E-state index is 5.70. The number of imidazole rings is 1. The maximum Gasteiger partial charge on any atom is 0.168 e. The fourth-order valence-electron chi connectivity index (χ4n) is 1.74. The van der Waals surface area contributed by atoms with Crippen LogP contribution in [0, 0.1) is 0 Å². The van der Waals surface area contributed by atoms with Crippen LogP contribution in [-0.4, -0.2) is 41.1 Å². The molecule has 0 N–H and O–H groups in total. The van der Waals surface area contributed by atoms with Gasteiger partial charge in [-0.2, -0.15) is 5.10 Å². The van der Waals surface area contributed by atoms with Gasteiger partial charge in [0, 0.05) is 26.5 Å². The number of para-hydroxylation sites is 1. The van der Waals surface area contributed by atoms with Crippen molar-refractivity contribution >= 4 is 5.84 Å². The Morgan fingerprint density at radius 1 is 1.45 bits per heavy atom. The molecule has 0 aliphatic rings. The summed E-state index contributed by atoms with van der Waals surface area (Å²) in [5.74, 6) is 1.52. The summed E-state index contributed by atoms with van der Waals surface area (Å²) in [6.45, 7) is 4.12. The van der Waals surface area contributed by atoms with Gasteiger partial charge in [0.15, 0.2) is 5.84 Å². The molecule has 20 heavy (non-hydrogen) atoms. The van der Waals surface area contributed by atoms with Crippen molar-refractivity contribution in [2.24, 2.45) is 5.10 Å². The second-order valence-corrected chi connectivity index (χ2v) is 4.34. The predicted molar refractivity (Wildman–Crippen MR) is 80.0 cm³/mol. The van der Waals surface area contributed by atoms with Crippen LogP contribution in [0.5, 0.6) is 5.75 Å². The second-order valence-electron chi connectivity index (χ2n) is 4.34. The first-order valence-electron chi connectivity index (χ1n) is 6.29. The predicted octanol–water partition coefficient (Wildman–Crippen LogP) is 2.22. The van der Waals surface area contributed by atoms with Crippen molar-refractivity contribution in [2.75, 3.05) is 20.7 Å². The van der Waals surface area contributed by atoms with Crippen molar-refractivity contribution in [2.45, 2.75) is 0 Å². The topological polar surface area (TPSA) is 42.6 Å². The number of benzene rings is 1. The lowest BCUT2D eigenvalue weighted by atomic mass is 10.2. The Morgan fingerprint density at radius 2 is 2.25 bits per heavy atom. The number of nitrogens with zero attached hydrogens (tertiary/aromatic N) is 4. The third-order valence-electron chi connectivity index (χ3n) is 2.53. The van der Waals surface area contributed by atoms with E-state index in [0.29, 0.717) is 6.61 Å². The lowest BCUT2D eigenvalue weighted by molar-refractivity contribution is 0.362. The summed E-state index contributed by atoms with van der Waals surface area (Å²) in [5.41, 5.74) is 0.904. The van der Waals surface area contributed by atoms with E-state index in [2.05, 4.69) is 16.7 Å². The molecule has 0 fully saturated rings. The molecule has 1 heterocycles. The molecule has 0 radical (unpaired) electrons. The van der Waals surface area contributed by atoms with Crippen LogP contribution in [-0.2, 0) is 0 Å². The highest BCUT2D eigenvalue weighted by molar-refractivity contribution is 6.02. The standard InChI is InChI=1S/C15H18N4O/c1-4-11-20-14-8-6-5-7-13(14)15(17-18(2)3)19-10-9-16-12-19/h4-10,12H,1,11H2,2-3H3/b17-15-. The minimum absolute atomic E-state index is 0.455. The number of hydrogen-bond acceptors (Lipinski definition) is 4. The average Bonchev–Trinajstić information content (AvgIpc) is 2.97. The van der Waals surface area contributed by atoms with E-state index in [0.717, 1.165) is 17.1 Å². The van der Waals surface area contributed by atoms with Gasteiger partial charge in [0.25, 0.3) is 0 Å².